The maximum Gasteiger partial charge on any atom is 0.0531 e. The van der Waals surface area contributed by atoms with E-state index in [1.54, 1.807) is 0 Å². The van der Waals surface area contributed by atoms with E-state index in [4.69, 9.17) is 0 Å². The zero-order chi connectivity index (χ0) is 13.3. The average molecular weight is 425 g/mol. The molecular formula is C14H22BrISi. The fourth-order valence-electron chi connectivity index (χ4n) is 1.56. The van der Waals surface area contributed by atoms with Crippen LogP contribution in [-0.4, -0.2) is 8.07 Å². The molecule has 0 aliphatic heterocycles. The molecule has 1 aromatic carbocycles. The van der Waals surface area contributed by atoms with E-state index in [-0.39, 0.29) is 0 Å². The van der Waals surface area contributed by atoms with Crippen molar-refractivity contribution in [2.24, 2.45) is 0 Å². The van der Waals surface area contributed by atoms with E-state index >= 15 is 0 Å². The average Bonchev–Trinajstić information content (AvgIpc) is 2.18. The van der Waals surface area contributed by atoms with Crippen LogP contribution in [-0.2, 0) is 6.42 Å². The molecule has 96 valence electrons. The SMILES string of the molecule is CC(C)(C)[Si](C)(C)CCc1cc(Br)ccc1I. The molecule has 0 fully saturated rings. The van der Waals surface area contributed by atoms with Crippen LogP contribution in [0.15, 0.2) is 22.7 Å². The molecule has 0 aromatic heterocycles. The Labute approximate surface area is 129 Å². The Balaban J connectivity index is 2.77. The van der Waals surface area contributed by atoms with Gasteiger partial charge in [0.15, 0.2) is 0 Å². The fraction of sp³-hybridized carbons (Fsp3) is 0.571. The summed E-state index contributed by atoms with van der Waals surface area (Å²) in [5, 5.41) is 0.491. The molecule has 1 aromatic rings. The van der Waals surface area contributed by atoms with Crippen LogP contribution in [0.2, 0.25) is 24.2 Å². The molecule has 3 heteroatoms. The number of hydrogen-bond acceptors (Lipinski definition) is 0. The van der Waals surface area contributed by atoms with Gasteiger partial charge in [-0.1, -0.05) is 55.8 Å². The lowest BCUT2D eigenvalue weighted by molar-refractivity contribution is 0.711. The van der Waals surface area contributed by atoms with Crippen LogP contribution in [0.4, 0.5) is 0 Å². The molecule has 0 aliphatic carbocycles. The minimum atomic E-state index is -1.15. The maximum atomic E-state index is 3.56. The predicted molar refractivity (Wildman–Crippen MR) is 92.6 cm³/mol. The highest BCUT2D eigenvalue weighted by Crippen LogP contribution is 2.39. The summed E-state index contributed by atoms with van der Waals surface area (Å²) in [6.07, 6.45) is 1.22. The largest absolute Gasteiger partial charge is 0.0690 e. The van der Waals surface area contributed by atoms with Crippen LogP contribution in [0.1, 0.15) is 26.3 Å². The van der Waals surface area contributed by atoms with Crippen LogP contribution in [0.5, 0.6) is 0 Å². The van der Waals surface area contributed by atoms with Crippen LogP contribution >= 0.6 is 38.5 Å². The zero-order valence-corrected chi connectivity index (χ0v) is 16.1. The first kappa shape index (κ1) is 15.7. The van der Waals surface area contributed by atoms with Crippen molar-refractivity contribution in [1.82, 2.24) is 0 Å². The summed E-state index contributed by atoms with van der Waals surface area (Å²) < 4.78 is 2.59. The Kier molecular flexibility index (Phi) is 5.30. The second-order valence-electron chi connectivity index (χ2n) is 6.37. The summed E-state index contributed by atoms with van der Waals surface area (Å²) >= 11 is 6.01. The van der Waals surface area contributed by atoms with E-state index in [0.29, 0.717) is 5.04 Å². The van der Waals surface area contributed by atoms with E-state index in [2.05, 4.69) is 90.6 Å². The van der Waals surface area contributed by atoms with Gasteiger partial charge < -0.3 is 0 Å². The maximum absolute atomic E-state index is 3.56. The van der Waals surface area contributed by atoms with Gasteiger partial charge in [-0.3, -0.25) is 0 Å². The Morgan fingerprint density at radius 3 is 2.35 bits per heavy atom. The zero-order valence-electron chi connectivity index (χ0n) is 11.4. The lowest BCUT2D eigenvalue weighted by Crippen LogP contribution is -2.37. The molecule has 0 N–H and O–H groups in total. The first-order valence-corrected chi connectivity index (χ1v) is 11.2. The van der Waals surface area contributed by atoms with Gasteiger partial charge >= 0.3 is 0 Å². The van der Waals surface area contributed by atoms with E-state index in [1.807, 2.05) is 0 Å². The van der Waals surface area contributed by atoms with Crippen molar-refractivity contribution in [3.63, 3.8) is 0 Å². The molecule has 0 spiro atoms. The van der Waals surface area contributed by atoms with Gasteiger partial charge in [0.25, 0.3) is 0 Å². The first-order valence-electron chi connectivity index (χ1n) is 6.07. The topological polar surface area (TPSA) is 0 Å². The number of hydrogen-bond donors (Lipinski definition) is 0. The lowest BCUT2D eigenvalue weighted by atomic mass is 10.2. The van der Waals surface area contributed by atoms with Crippen molar-refractivity contribution in [3.05, 3.63) is 31.8 Å². The molecule has 17 heavy (non-hydrogen) atoms. The van der Waals surface area contributed by atoms with Crippen LogP contribution in [0, 0.1) is 3.57 Å². The number of aryl methyl sites for hydroxylation is 1. The summed E-state index contributed by atoms with van der Waals surface area (Å²) in [5.74, 6) is 0. The lowest BCUT2D eigenvalue weighted by Gasteiger charge is -2.37. The number of benzene rings is 1. The molecule has 0 radical (unpaired) electrons. The molecule has 0 saturated carbocycles. The Morgan fingerprint density at radius 2 is 1.82 bits per heavy atom. The van der Waals surface area contributed by atoms with Crippen LogP contribution in [0.25, 0.3) is 0 Å². The van der Waals surface area contributed by atoms with Crippen molar-refractivity contribution < 1.29 is 0 Å². The second-order valence-corrected chi connectivity index (χ2v) is 14.2. The van der Waals surface area contributed by atoms with Crippen LogP contribution < -0.4 is 0 Å². The van der Waals surface area contributed by atoms with Crippen molar-refractivity contribution in [1.29, 1.82) is 0 Å². The quantitative estimate of drug-likeness (QED) is 0.405. The van der Waals surface area contributed by atoms with E-state index in [0.717, 1.165) is 0 Å². The van der Waals surface area contributed by atoms with Gasteiger partial charge in [0.1, 0.15) is 0 Å². The van der Waals surface area contributed by atoms with Crippen molar-refractivity contribution in [2.45, 2.75) is 51.4 Å². The summed E-state index contributed by atoms with van der Waals surface area (Å²) in [4.78, 5) is 0. The van der Waals surface area contributed by atoms with Gasteiger partial charge in [0, 0.05) is 8.04 Å². The molecule has 0 saturated heterocycles. The van der Waals surface area contributed by atoms with Crippen molar-refractivity contribution in [3.8, 4) is 0 Å². The van der Waals surface area contributed by atoms with E-state index < -0.39 is 8.07 Å². The van der Waals surface area contributed by atoms with Gasteiger partial charge in [-0.25, -0.2) is 0 Å². The highest BCUT2D eigenvalue weighted by molar-refractivity contribution is 14.1. The third-order valence-electron chi connectivity index (χ3n) is 4.06. The van der Waals surface area contributed by atoms with Gasteiger partial charge in [0.2, 0.25) is 0 Å². The molecule has 0 heterocycles. The Hall–Kier alpha value is 0.647. The monoisotopic (exact) mass is 424 g/mol. The summed E-state index contributed by atoms with van der Waals surface area (Å²) in [6, 6.07) is 7.96. The first-order chi connectivity index (χ1) is 7.63. The minimum Gasteiger partial charge on any atom is -0.0690 e. The van der Waals surface area contributed by atoms with E-state index in [1.165, 1.54) is 26.1 Å². The molecular weight excluding hydrogens is 403 g/mol. The van der Waals surface area contributed by atoms with Gasteiger partial charge in [-0.15, -0.1) is 0 Å². The summed E-state index contributed by atoms with van der Waals surface area (Å²) in [7, 11) is -1.15. The second kappa shape index (κ2) is 5.74. The highest BCUT2D eigenvalue weighted by Gasteiger charge is 2.34. The third-order valence-corrected chi connectivity index (χ3v) is 11.2. The standard InChI is InChI=1S/C14H22BrISi/c1-14(2,3)17(4,5)9-8-11-10-12(15)6-7-13(11)16/h6-7,10H,8-9H2,1-5H3. The number of halogens is 2. The summed E-state index contributed by atoms with van der Waals surface area (Å²) in [5.41, 5.74) is 1.49. The molecule has 0 atom stereocenters. The Bertz CT molecular complexity index is 394. The summed E-state index contributed by atoms with van der Waals surface area (Å²) in [6.45, 7) is 12.2. The predicted octanol–water partition coefficient (Wildman–Crippen LogP) is 6.10. The minimum absolute atomic E-state index is 0.491. The van der Waals surface area contributed by atoms with Gasteiger partial charge in [-0.2, -0.15) is 0 Å². The molecule has 0 nitrogen and oxygen atoms in total. The molecule has 1 rings (SSSR count). The highest BCUT2D eigenvalue weighted by atomic mass is 127. The Morgan fingerprint density at radius 1 is 1.24 bits per heavy atom. The van der Waals surface area contributed by atoms with Gasteiger partial charge in [-0.05, 0) is 57.8 Å². The van der Waals surface area contributed by atoms with Crippen molar-refractivity contribution in [2.75, 3.05) is 0 Å². The molecule has 0 bridgehead atoms. The molecule has 0 unspecified atom stereocenters. The van der Waals surface area contributed by atoms with E-state index in [9.17, 15) is 0 Å². The van der Waals surface area contributed by atoms with Crippen molar-refractivity contribution >= 4 is 46.6 Å². The van der Waals surface area contributed by atoms with Gasteiger partial charge in [0.05, 0.1) is 8.07 Å². The third kappa shape index (κ3) is 4.35. The fourth-order valence-corrected chi connectivity index (χ4v) is 4.22. The normalized spacial score (nSPS) is 12.9. The van der Waals surface area contributed by atoms with Crippen LogP contribution in [0.3, 0.4) is 0 Å². The molecule has 0 amide bonds. The molecule has 0 aliphatic rings. The smallest absolute Gasteiger partial charge is 0.0531 e. The number of rotatable bonds is 3.